The van der Waals surface area contributed by atoms with E-state index in [1.807, 2.05) is 6.07 Å². The van der Waals surface area contributed by atoms with E-state index in [2.05, 4.69) is 36.0 Å². The van der Waals surface area contributed by atoms with E-state index in [-0.39, 0.29) is 0 Å². The average molecular weight is 248 g/mol. The minimum absolute atomic E-state index is 0.496. The zero-order valence-electron chi connectivity index (χ0n) is 11.7. The molecular formula is C14H24N4. The van der Waals surface area contributed by atoms with Crippen molar-refractivity contribution in [1.29, 1.82) is 0 Å². The molecule has 2 rings (SSSR count). The van der Waals surface area contributed by atoms with Crippen LogP contribution in [0.25, 0.3) is 0 Å². The molecule has 1 aliphatic carbocycles. The number of nitrogens with zero attached hydrogens (tertiary/aromatic N) is 3. The molecular weight excluding hydrogens is 224 g/mol. The molecule has 0 bridgehead atoms. The van der Waals surface area contributed by atoms with Crippen LogP contribution < -0.4 is 10.6 Å². The lowest BCUT2D eigenvalue weighted by Gasteiger charge is -2.39. The molecule has 1 aliphatic rings. The Morgan fingerprint density at radius 3 is 2.67 bits per heavy atom. The molecule has 1 fully saturated rings. The van der Waals surface area contributed by atoms with E-state index in [0.717, 1.165) is 11.4 Å². The second-order valence-corrected chi connectivity index (χ2v) is 6.09. The fourth-order valence-electron chi connectivity index (χ4n) is 2.75. The lowest BCUT2D eigenvalue weighted by atomic mass is 9.75. The number of aromatic nitrogens is 2. The molecule has 4 heteroatoms. The Morgan fingerprint density at radius 2 is 2.06 bits per heavy atom. The van der Waals surface area contributed by atoms with Crippen LogP contribution in [0, 0.1) is 5.41 Å². The minimum Gasteiger partial charge on any atom is -0.355 e. The fourth-order valence-corrected chi connectivity index (χ4v) is 2.75. The highest BCUT2D eigenvalue weighted by molar-refractivity contribution is 5.45. The predicted molar refractivity (Wildman–Crippen MR) is 74.4 cm³/mol. The highest BCUT2D eigenvalue weighted by atomic mass is 15.3. The van der Waals surface area contributed by atoms with Crippen molar-refractivity contribution >= 4 is 5.82 Å². The van der Waals surface area contributed by atoms with Gasteiger partial charge in [-0.05, 0) is 37.2 Å². The summed E-state index contributed by atoms with van der Waals surface area (Å²) in [7, 11) is 2.12. The molecule has 1 aromatic rings. The third kappa shape index (κ3) is 2.80. The second kappa shape index (κ2) is 5.22. The van der Waals surface area contributed by atoms with Crippen LogP contribution in [0.2, 0.25) is 0 Å². The molecule has 0 aliphatic heterocycles. The van der Waals surface area contributed by atoms with E-state index in [9.17, 15) is 0 Å². The molecule has 0 atom stereocenters. The Balaban J connectivity index is 2.10. The molecule has 1 heterocycles. The molecule has 4 nitrogen and oxygen atoms in total. The van der Waals surface area contributed by atoms with Crippen molar-refractivity contribution in [2.45, 2.75) is 52.1 Å². The molecule has 0 unspecified atom stereocenters. The maximum atomic E-state index is 5.77. The van der Waals surface area contributed by atoms with Gasteiger partial charge < -0.3 is 10.6 Å². The lowest BCUT2D eigenvalue weighted by Crippen LogP contribution is -2.38. The first-order valence-corrected chi connectivity index (χ1v) is 6.77. The molecule has 100 valence electrons. The fraction of sp³-hybridized carbons (Fsp3) is 0.714. The summed E-state index contributed by atoms with van der Waals surface area (Å²) in [5.41, 5.74) is 7.34. The number of nitrogens with two attached hydrogens (primary N) is 1. The third-order valence-electron chi connectivity index (χ3n) is 4.19. The first-order valence-electron chi connectivity index (χ1n) is 6.77. The van der Waals surface area contributed by atoms with Gasteiger partial charge >= 0.3 is 0 Å². The summed E-state index contributed by atoms with van der Waals surface area (Å²) < 4.78 is 0. The van der Waals surface area contributed by atoms with Gasteiger partial charge in [0, 0.05) is 25.2 Å². The van der Waals surface area contributed by atoms with Crippen molar-refractivity contribution in [3.05, 3.63) is 17.8 Å². The van der Waals surface area contributed by atoms with Crippen LogP contribution in [0.4, 0.5) is 5.82 Å². The van der Waals surface area contributed by atoms with Crippen LogP contribution >= 0.6 is 0 Å². The first-order chi connectivity index (χ1) is 8.53. The number of hydrogen-bond donors (Lipinski definition) is 1. The number of rotatable bonds is 3. The molecule has 0 amide bonds. The van der Waals surface area contributed by atoms with Gasteiger partial charge in [-0.1, -0.05) is 13.8 Å². The van der Waals surface area contributed by atoms with Crippen LogP contribution in [-0.4, -0.2) is 23.3 Å². The maximum absolute atomic E-state index is 5.77. The molecule has 1 aromatic heterocycles. The van der Waals surface area contributed by atoms with Gasteiger partial charge in [-0.3, -0.25) is 0 Å². The Kier molecular flexibility index (Phi) is 3.85. The van der Waals surface area contributed by atoms with Crippen molar-refractivity contribution in [2.24, 2.45) is 11.1 Å². The van der Waals surface area contributed by atoms with Crippen molar-refractivity contribution < 1.29 is 0 Å². The van der Waals surface area contributed by atoms with Crippen molar-refractivity contribution in [1.82, 2.24) is 10.2 Å². The summed E-state index contributed by atoms with van der Waals surface area (Å²) in [5.74, 6) is 0.949. The van der Waals surface area contributed by atoms with Gasteiger partial charge in [-0.2, -0.15) is 5.10 Å². The van der Waals surface area contributed by atoms with Gasteiger partial charge in [0.25, 0.3) is 0 Å². The summed E-state index contributed by atoms with van der Waals surface area (Å²) in [4.78, 5) is 2.27. The normalized spacial score (nSPS) is 19.8. The Hall–Kier alpha value is -1.16. The standard InChI is InChI=1S/C14H24N4/c1-14(2)7-4-12(5-8-14)18(3)13-11(10-15)6-9-16-17-13/h6,9,12H,4-5,7-8,10,15H2,1-3H3. The predicted octanol–water partition coefficient (Wildman–Crippen LogP) is 2.34. The molecule has 18 heavy (non-hydrogen) atoms. The average Bonchev–Trinajstić information content (AvgIpc) is 2.38. The first kappa shape index (κ1) is 13.3. The molecule has 0 spiro atoms. The van der Waals surface area contributed by atoms with Crippen LogP contribution in [0.3, 0.4) is 0 Å². The number of hydrogen-bond acceptors (Lipinski definition) is 4. The monoisotopic (exact) mass is 248 g/mol. The minimum atomic E-state index is 0.496. The third-order valence-corrected chi connectivity index (χ3v) is 4.19. The zero-order valence-corrected chi connectivity index (χ0v) is 11.7. The summed E-state index contributed by atoms with van der Waals surface area (Å²) >= 11 is 0. The highest BCUT2D eigenvalue weighted by Crippen LogP contribution is 2.37. The van der Waals surface area contributed by atoms with Crippen LogP contribution in [0.15, 0.2) is 12.3 Å². The van der Waals surface area contributed by atoms with Gasteiger partial charge in [-0.25, -0.2) is 0 Å². The SMILES string of the molecule is CN(c1nnccc1CN)C1CCC(C)(C)CC1. The lowest BCUT2D eigenvalue weighted by molar-refractivity contribution is 0.222. The second-order valence-electron chi connectivity index (χ2n) is 6.09. The Bertz CT molecular complexity index is 393. The molecule has 0 saturated heterocycles. The maximum Gasteiger partial charge on any atom is 0.155 e. The van der Waals surface area contributed by atoms with Crippen molar-refractivity contribution in [3.8, 4) is 0 Å². The van der Waals surface area contributed by atoms with Gasteiger partial charge in [0.1, 0.15) is 0 Å². The van der Waals surface area contributed by atoms with E-state index in [1.54, 1.807) is 6.20 Å². The topological polar surface area (TPSA) is 55.0 Å². The van der Waals surface area contributed by atoms with Gasteiger partial charge in [-0.15, -0.1) is 5.10 Å². The van der Waals surface area contributed by atoms with Crippen LogP contribution in [0.5, 0.6) is 0 Å². The quantitative estimate of drug-likeness (QED) is 0.892. The van der Waals surface area contributed by atoms with E-state index in [4.69, 9.17) is 5.73 Å². The van der Waals surface area contributed by atoms with Gasteiger partial charge in [0.15, 0.2) is 5.82 Å². The smallest absolute Gasteiger partial charge is 0.155 e. The van der Waals surface area contributed by atoms with E-state index in [1.165, 1.54) is 25.7 Å². The van der Waals surface area contributed by atoms with Crippen molar-refractivity contribution in [3.63, 3.8) is 0 Å². The molecule has 2 N–H and O–H groups in total. The van der Waals surface area contributed by atoms with Crippen LogP contribution in [-0.2, 0) is 6.54 Å². The molecule has 0 aromatic carbocycles. The van der Waals surface area contributed by atoms with Crippen molar-refractivity contribution in [2.75, 3.05) is 11.9 Å². The Labute approximate surface area is 110 Å². The number of anilines is 1. The molecule has 1 saturated carbocycles. The summed E-state index contributed by atoms with van der Waals surface area (Å²) in [6.45, 7) is 5.24. The van der Waals surface area contributed by atoms with E-state index in [0.29, 0.717) is 18.0 Å². The van der Waals surface area contributed by atoms with Gasteiger partial charge in [0.05, 0.1) is 6.20 Å². The summed E-state index contributed by atoms with van der Waals surface area (Å²) in [6.07, 6.45) is 6.72. The van der Waals surface area contributed by atoms with Gasteiger partial charge in [0.2, 0.25) is 0 Å². The Morgan fingerprint density at radius 1 is 1.39 bits per heavy atom. The zero-order chi connectivity index (χ0) is 13.2. The van der Waals surface area contributed by atoms with E-state index < -0.39 is 0 Å². The summed E-state index contributed by atoms with van der Waals surface area (Å²) in [6, 6.07) is 2.53. The molecule has 0 radical (unpaired) electrons. The van der Waals surface area contributed by atoms with E-state index >= 15 is 0 Å². The highest BCUT2D eigenvalue weighted by Gasteiger charge is 2.29. The van der Waals surface area contributed by atoms with Crippen LogP contribution in [0.1, 0.15) is 45.1 Å². The largest absolute Gasteiger partial charge is 0.355 e. The summed E-state index contributed by atoms with van der Waals surface area (Å²) in [5, 5.41) is 8.25.